The summed E-state index contributed by atoms with van der Waals surface area (Å²) in [5, 5.41) is 9.65. The van der Waals surface area contributed by atoms with E-state index in [9.17, 15) is 9.90 Å². The van der Waals surface area contributed by atoms with Gasteiger partial charge in [-0.15, -0.1) is 0 Å². The lowest BCUT2D eigenvalue weighted by Gasteiger charge is -2.25. The van der Waals surface area contributed by atoms with Crippen LogP contribution in [-0.2, 0) is 4.79 Å². The molecule has 0 aliphatic carbocycles. The third-order valence-corrected chi connectivity index (χ3v) is 2.89. The van der Waals surface area contributed by atoms with E-state index < -0.39 is 5.60 Å². The van der Waals surface area contributed by atoms with Crippen LogP contribution in [0.3, 0.4) is 0 Å². The van der Waals surface area contributed by atoms with E-state index in [2.05, 4.69) is 0 Å². The zero-order valence-electron chi connectivity index (χ0n) is 12.4. The van der Waals surface area contributed by atoms with Gasteiger partial charge in [-0.05, 0) is 51.0 Å². The van der Waals surface area contributed by atoms with Crippen molar-refractivity contribution in [3.05, 3.63) is 29.3 Å². The van der Waals surface area contributed by atoms with E-state index >= 15 is 0 Å². The van der Waals surface area contributed by atoms with Crippen molar-refractivity contribution in [2.75, 3.05) is 20.2 Å². The summed E-state index contributed by atoms with van der Waals surface area (Å²) in [5.74, 6) is 0.536. The Balaban J connectivity index is 2.52. The Labute approximate surface area is 115 Å². The highest BCUT2D eigenvalue weighted by atomic mass is 16.5. The molecule has 0 heterocycles. The fourth-order valence-corrected chi connectivity index (χ4v) is 1.73. The Morgan fingerprint density at radius 3 is 2.47 bits per heavy atom. The van der Waals surface area contributed by atoms with Crippen molar-refractivity contribution >= 4 is 5.91 Å². The second-order valence-corrected chi connectivity index (χ2v) is 5.60. The van der Waals surface area contributed by atoms with Gasteiger partial charge in [-0.25, -0.2) is 0 Å². The van der Waals surface area contributed by atoms with Crippen LogP contribution in [0.25, 0.3) is 0 Å². The molecule has 0 aromatic heterocycles. The van der Waals surface area contributed by atoms with E-state index in [0.29, 0.717) is 5.75 Å². The Morgan fingerprint density at radius 2 is 1.95 bits per heavy atom. The quantitative estimate of drug-likeness (QED) is 0.884. The molecule has 0 unspecified atom stereocenters. The van der Waals surface area contributed by atoms with Crippen molar-refractivity contribution in [2.24, 2.45) is 0 Å². The van der Waals surface area contributed by atoms with Crippen LogP contribution in [0.15, 0.2) is 18.2 Å². The van der Waals surface area contributed by atoms with Gasteiger partial charge in [0.1, 0.15) is 5.75 Å². The molecule has 0 fully saturated rings. The van der Waals surface area contributed by atoms with Crippen molar-refractivity contribution < 1.29 is 14.6 Å². The normalized spacial score (nSPS) is 11.3. The van der Waals surface area contributed by atoms with E-state index in [1.807, 2.05) is 32.0 Å². The van der Waals surface area contributed by atoms with E-state index in [1.165, 1.54) is 10.5 Å². The molecule has 1 rings (SSSR count). The summed E-state index contributed by atoms with van der Waals surface area (Å²) in [6, 6.07) is 5.74. The maximum atomic E-state index is 11.8. The average Bonchev–Trinajstić information content (AvgIpc) is 2.28. The van der Waals surface area contributed by atoms with Gasteiger partial charge in [0.15, 0.2) is 6.61 Å². The largest absolute Gasteiger partial charge is 0.484 e. The number of likely N-dealkylation sites (N-methyl/N-ethyl adjacent to an activating group) is 1. The number of carbonyl (C=O) groups excluding carboxylic acids is 1. The highest BCUT2D eigenvalue weighted by Crippen LogP contribution is 2.16. The average molecular weight is 265 g/mol. The minimum absolute atomic E-state index is 0.0188. The van der Waals surface area contributed by atoms with Crippen LogP contribution in [0.1, 0.15) is 25.0 Å². The molecule has 0 saturated heterocycles. The first-order valence-electron chi connectivity index (χ1n) is 6.35. The topological polar surface area (TPSA) is 49.8 Å². The van der Waals surface area contributed by atoms with Gasteiger partial charge in [-0.3, -0.25) is 4.79 Å². The Bertz CT molecular complexity index is 449. The maximum Gasteiger partial charge on any atom is 0.260 e. The molecule has 0 aliphatic heterocycles. The molecular weight excluding hydrogens is 242 g/mol. The summed E-state index contributed by atoms with van der Waals surface area (Å²) in [6.45, 7) is 7.63. The van der Waals surface area contributed by atoms with Gasteiger partial charge in [-0.1, -0.05) is 6.07 Å². The maximum absolute atomic E-state index is 11.8. The summed E-state index contributed by atoms with van der Waals surface area (Å²) in [5.41, 5.74) is 1.43. The lowest BCUT2D eigenvalue weighted by Crippen LogP contribution is -2.41. The highest BCUT2D eigenvalue weighted by molar-refractivity contribution is 5.77. The predicted molar refractivity (Wildman–Crippen MR) is 75.3 cm³/mol. The highest BCUT2D eigenvalue weighted by Gasteiger charge is 2.19. The molecule has 0 atom stereocenters. The standard InChI is InChI=1S/C15H23NO3/c1-11-6-7-13(8-12(11)2)19-9-14(17)16(5)10-15(3,4)18/h6-8,18H,9-10H2,1-5H3. The first-order chi connectivity index (χ1) is 8.69. The lowest BCUT2D eigenvalue weighted by atomic mass is 10.1. The van der Waals surface area contributed by atoms with Crippen LogP contribution in [0.4, 0.5) is 0 Å². The molecule has 0 radical (unpaired) electrons. The van der Waals surface area contributed by atoms with Crippen LogP contribution in [-0.4, -0.2) is 41.7 Å². The Kier molecular flexibility index (Phi) is 4.95. The number of hydrogen-bond acceptors (Lipinski definition) is 3. The van der Waals surface area contributed by atoms with Gasteiger partial charge >= 0.3 is 0 Å². The first kappa shape index (κ1) is 15.5. The van der Waals surface area contributed by atoms with Crippen LogP contribution in [0.2, 0.25) is 0 Å². The molecule has 106 valence electrons. The van der Waals surface area contributed by atoms with Crippen molar-refractivity contribution in [3.63, 3.8) is 0 Å². The molecule has 1 amide bonds. The first-order valence-corrected chi connectivity index (χ1v) is 6.35. The SMILES string of the molecule is Cc1ccc(OCC(=O)N(C)CC(C)(C)O)cc1C. The van der Waals surface area contributed by atoms with Crippen molar-refractivity contribution in [2.45, 2.75) is 33.3 Å². The van der Waals surface area contributed by atoms with E-state index in [0.717, 1.165) is 5.56 Å². The lowest BCUT2D eigenvalue weighted by molar-refractivity contribution is -0.134. The molecule has 4 nitrogen and oxygen atoms in total. The second-order valence-electron chi connectivity index (χ2n) is 5.60. The number of ether oxygens (including phenoxy) is 1. The van der Waals surface area contributed by atoms with Crippen LogP contribution in [0, 0.1) is 13.8 Å². The summed E-state index contributed by atoms with van der Waals surface area (Å²) >= 11 is 0. The fourth-order valence-electron chi connectivity index (χ4n) is 1.73. The molecule has 0 bridgehead atoms. The summed E-state index contributed by atoms with van der Waals surface area (Å²) in [4.78, 5) is 13.3. The van der Waals surface area contributed by atoms with Crippen molar-refractivity contribution in [3.8, 4) is 5.75 Å². The number of hydrogen-bond donors (Lipinski definition) is 1. The van der Waals surface area contributed by atoms with Crippen LogP contribution in [0.5, 0.6) is 5.75 Å². The summed E-state index contributed by atoms with van der Waals surface area (Å²) < 4.78 is 5.47. The van der Waals surface area contributed by atoms with E-state index in [1.54, 1.807) is 20.9 Å². The third kappa shape index (κ3) is 5.30. The van der Waals surface area contributed by atoms with Gasteiger partial charge < -0.3 is 14.7 Å². The van der Waals surface area contributed by atoms with Gasteiger partial charge in [0.05, 0.1) is 5.60 Å². The molecule has 1 aromatic rings. The van der Waals surface area contributed by atoms with Gasteiger partial charge in [0, 0.05) is 13.6 Å². The van der Waals surface area contributed by atoms with Gasteiger partial charge in [0.2, 0.25) is 0 Å². The van der Waals surface area contributed by atoms with Crippen molar-refractivity contribution in [1.82, 2.24) is 4.90 Å². The molecule has 1 aromatic carbocycles. The number of nitrogens with zero attached hydrogens (tertiary/aromatic N) is 1. The van der Waals surface area contributed by atoms with E-state index in [-0.39, 0.29) is 19.1 Å². The zero-order chi connectivity index (χ0) is 14.6. The smallest absolute Gasteiger partial charge is 0.260 e. The van der Waals surface area contributed by atoms with Gasteiger partial charge in [-0.2, -0.15) is 0 Å². The molecule has 0 saturated carbocycles. The predicted octanol–water partition coefficient (Wildman–Crippen LogP) is 1.91. The minimum atomic E-state index is -0.898. The van der Waals surface area contributed by atoms with Crippen molar-refractivity contribution in [1.29, 1.82) is 0 Å². The molecule has 0 aliphatic rings. The third-order valence-electron chi connectivity index (χ3n) is 2.89. The second kappa shape index (κ2) is 6.06. The molecule has 0 spiro atoms. The Morgan fingerprint density at radius 1 is 1.32 bits per heavy atom. The molecule has 1 N–H and O–H groups in total. The molecule has 4 heteroatoms. The summed E-state index contributed by atoms with van der Waals surface area (Å²) in [7, 11) is 1.66. The summed E-state index contributed by atoms with van der Waals surface area (Å²) in [6.07, 6.45) is 0. The Hall–Kier alpha value is -1.55. The zero-order valence-corrected chi connectivity index (χ0v) is 12.4. The number of rotatable bonds is 5. The fraction of sp³-hybridized carbons (Fsp3) is 0.533. The number of carbonyl (C=O) groups is 1. The van der Waals surface area contributed by atoms with Crippen LogP contribution >= 0.6 is 0 Å². The number of amides is 1. The van der Waals surface area contributed by atoms with Gasteiger partial charge in [0.25, 0.3) is 5.91 Å². The monoisotopic (exact) mass is 265 g/mol. The molecular formula is C15H23NO3. The molecule has 19 heavy (non-hydrogen) atoms. The number of aliphatic hydroxyl groups is 1. The van der Waals surface area contributed by atoms with E-state index in [4.69, 9.17) is 4.74 Å². The number of benzene rings is 1. The number of aryl methyl sites for hydroxylation is 2. The van der Waals surface area contributed by atoms with Crippen LogP contribution < -0.4 is 4.74 Å². The minimum Gasteiger partial charge on any atom is -0.484 e.